The highest BCUT2D eigenvalue weighted by Crippen LogP contribution is 2.25. The molecule has 1 aromatic heterocycles. The highest BCUT2D eigenvalue weighted by molar-refractivity contribution is 6.30. The first-order valence-electron chi connectivity index (χ1n) is 10.9. The van der Waals surface area contributed by atoms with E-state index in [2.05, 4.69) is 5.32 Å². The first-order chi connectivity index (χ1) is 16.3. The summed E-state index contributed by atoms with van der Waals surface area (Å²) in [6, 6.07) is 12.5. The summed E-state index contributed by atoms with van der Waals surface area (Å²) in [5.74, 6) is -0.309. The van der Waals surface area contributed by atoms with Crippen LogP contribution in [-0.4, -0.2) is 34.0 Å². The number of ether oxygens (including phenoxy) is 2. The second-order valence-electron chi connectivity index (χ2n) is 7.77. The molecule has 1 unspecified atom stereocenters. The second kappa shape index (κ2) is 11.8. The third-order valence-corrected chi connectivity index (χ3v) is 5.63. The van der Waals surface area contributed by atoms with Crippen molar-refractivity contribution in [1.29, 1.82) is 0 Å². The van der Waals surface area contributed by atoms with Crippen LogP contribution in [0, 0.1) is 12.7 Å². The fourth-order valence-corrected chi connectivity index (χ4v) is 3.69. The maximum Gasteiger partial charge on any atom is 0.307 e. The molecule has 3 aromatic rings. The van der Waals surface area contributed by atoms with Gasteiger partial charge in [-0.1, -0.05) is 29.8 Å². The van der Waals surface area contributed by atoms with E-state index in [4.69, 9.17) is 21.1 Å². The number of carbonyl (C=O) groups excluding carboxylic acids is 1. The van der Waals surface area contributed by atoms with E-state index in [0.29, 0.717) is 24.4 Å². The van der Waals surface area contributed by atoms with Crippen molar-refractivity contribution in [3.63, 3.8) is 0 Å². The molecule has 0 bridgehead atoms. The summed E-state index contributed by atoms with van der Waals surface area (Å²) in [6.45, 7) is 4.90. The van der Waals surface area contributed by atoms with Crippen molar-refractivity contribution in [3.05, 3.63) is 76.1 Å². The third kappa shape index (κ3) is 6.65. The van der Waals surface area contributed by atoms with E-state index >= 15 is 0 Å². The lowest BCUT2D eigenvalue weighted by molar-refractivity contribution is -0.143. The van der Waals surface area contributed by atoms with E-state index in [-0.39, 0.29) is 42.4 Å². The molecule has 0 aliphatic rings. The van der Waals surface area contributed by atoms with Crippen LogP contribution in [0.5, 0.6) is 17.5 Å². The van der Waals surface area contributed by atoms with Crippen LogP contribution in [0.25, 0.3) is 0 Å². The Kier molecular flexibility index (Phi) is 8.79. The van der Waals surface area contributed by atoms with Gasteiger partial charge in [0.05, 0.1) is 24.6 Å². The first-order valence-corrected chi connectivity index (χ1v) is 11.3. The summed E-state index contributed by atoms with van der Waals surface area (Å²) in [5.41, 5.74) is 2.46. The number of carbonyl (C=O) groups is 1. The summed E-state index contributed by atoms with van der Waals surface area (Å²) in [6.07, 6.45) is 0.0498. The predicted molar refractivity (Wildman–Crippen MR) is 127 cm³/mol. The summed E-state index contributed by atoms with van der Waals surface area (Å²) in [5, 5.41) is 22.7. The lowest BCUT2D eigenvalue weighted by Gasteiger charge is -2.19. The van der Waals surface area contributed by atoms with E-state index in [1.165, 1.54) is 28.8 Å². The van der Waals surface area contributed by atoms with Gasteiger partial charge in [0, 0.05) is 24.7 Å². The van der Waals surface area contributed by atoms with Crippen LogP contribution in [0.3, 0.4) is 0 Å². The maximum atomic E-state index is 14.0. The van der Waals surface area contributed by atoms with Gasteiger partial charge < -0.3 is 25.0 Å². The number of esters is 1. The minimum Gasteiger partial charge on any atom is -0.494 e. The second-order valence-corrected chi connectivity index (χ2v) is 8.17. The molecular weight excluding hydrogens is 463 g/mol. The average molecular weight is 491 g/mol. The normalized spacial score (nSPS) is 11.9. The number of benzene rings is 2. The number of hydrogen-bond acceptors (Lipinski definition) is 6. The molecule has 3 N–H and O–H groups in total. The van der Waals surface area contributed by atoms with Gasteiger partial charge in [-0.2, -0.15) is 0 Å². The van der Waals surface area contributed by atoms with E-state index in [1.807, 2.05) is 25.1 Å². The molecule has 0 spiro atoms. The van der Waals surface area contributed by atoms with E-state index in [1.54, 1.807) is 13.0 Å². The van der Waals surface area contributed by atoms with E-state index in [9.17, 15) is 19.4 Å². The van der Waals surface area contributed by atoms with Gasteiger partial charge in [0.2, 0.25) is 0 Å². The molecule has 7 nitrogen and oxygen atoms in total. The molecule has 0 aliphatic heterocycles. The molecule has 0 fully saturated rings. The molecule has 0 amide bonds. The molecule has 2 aromatic carbocycles. The standard InChI is InChI=1S/C25H28ClFN2O5/c1-3-33-25(32)14-21(18-5-6-19(26)20(27)13-18)28-15-17-4-7-22(16(2)12-17)34-11-10-29-23(30)8-9-24(29)31/h4-9,12-13,21,28,30-31H,3,10-11,14-15H2,1-2H3. The van der Waals surface area contributed by atoms with Crippen molar-refractivity contribution in [2.24, 2.45) is 0 Å². The van der Waals surface area contributed by atoms with Crippen LogP contribution < -0.4 is 10.1 Å². The Labute approximate surface area is 202 Å². The maximum absolute atomic E-state index is 14.0. The van der Waals surface area contributed by atoms with Gasteiger partial charge in [-0.25, -0.2) is 4.39 Å². The van der Waals surface area contributed by atoms with Gasteiger partial charge >= 0.3 is 5.97 Å². The van der Waals surface area contributed by atoms with E-state index in [0.717, 1.165) is 11.1 Å². The molecular formula is C25H28ClFN2O5. The zero-order valence-electron chi connectivity index (χ0n) is 19.1. The van der Waals surface area contributed by atoms with Gasteiger partial charge in [0.15, 0.2) is 11.8 Å². The summed E-state index contributed by atoms with van der Waals surface area (Å²) in [4.78, 5) is 12.1. The Hall–Kier alpha value is -3.23. The molecule has 9 heteroatoms. The van der Waals surface area contributed by atoms with Crippen molar-refractivity contribution < 1.29 is 28.9 Å². The number of aryl methyl sites for hydroxylation is 1. The lowest BCUT2D eigenvalue weighted by Crippen LogP contribution is -2.24. The molecule has 182 valence electrons. The predicted octanol–water partition coefficient (Wildman–Crippen LogP) is 4.86. The number of hydrogen-bond donors (Lipinski definition) is 3. The Morgan fingerprint density at radius 3 is 2.53 bits per heavy atom. The van der Waals surface area contributed by atoms with Crippen LogP contribution in [0.15, 0.2) is 48.5 Å². The molecule has 1 heterocycles. The number of aromatic nitrogens is 1. The van der Waals surface area contributed by atoms with Crippen LogP contribution in [-0.2, 0) is 22.6 Å². The smallest absolute Gasteiger partial charge is 0.307 e. The number of nitrogens with one attached hydrogen (secondary N) is 1. The van der Waals surface area contributed by atoms with Crippen molar-refractivity contribution in [1.82, 2.24) is 9.88 Å². The Morgan fingerprint density at radius 2 is 1.88 bits per heavy atom. The fraction of sp³-hybridized carbons (Fsp3) is 0.320. The average Bonchev–Trinajstić information content (AvgIpc) is 3.12. The first kappa shape index (κ1) is 25.4. The number of rotatable bonds is 11. The van der Waals surface area contributed by atoms with Crippen LogP contribution in [0.4, 0.5) is 4.39 Å². The molecule has 3 rings (SSSR count). The van der Waals surface area contributed by atoms with Crippen LogP contribution >= 0.6 is 11.6 Å². The monoisotopic (exact) mass is 490 g/mol. The Balaban J connectivity index is 1.63. The zero-order valence-corrected chi connectivity index (χ0v) is 19.8. The van der Waals surface area contributed by atoms with Crippen molar-refractivity contribution >= 4 is 17.6 Å². The summed E-state index contributed by atoms with van der Waals surface area (Å²) >= 11 is 5.80. The lowest BCUT2D eigenvalue weighted by atomic mass is 10.0. The van der Waals surface area contributed by atoms with Gasteiger partial charge in [-0.3, -0.25) is 9.36 Å². The van der Waals surface area contributed by atoms with Gasteiger partial charge in [0.1, 0.15) is 18.2 Å². The highest BCUT2D eigenvalue weighted by Gasteiger charge is 2.18. The van der Waals surface area contributed by atoms with Crippen LogP contribution in [0.1, 0.15) is 36.1 Å². The minimum atomic E-state index is -0.547. The Bertz CT molecular complexity index is 1110. The zero-order chi connectivity index (χ0) is 24.7. The van der Waals surface area contributed by atoms with E-state index < -0.39 is 11.9 Å². The topological polar surface area (TPSA) is 93.0 Å². The molecule has 0 saturated heterocycles. The van der Waals surface area contributed by atoms with Crippen molar-refractivity contribution in [3.8, 4) is 17.5 Å². The Morgan fingerprint density at radius 1 is 1.15 bits per heavy atom. The van der Waals surface area contributed by atoms with Gasteiger partial charge in [-0.05, 0) is 48.7 Å². The number of aromatic hydroxyl groups is 2. The quantitative estimate of drug-likeness (QED) is 0.332. The molecule has 34 heavy (non-hydrogen) atoms. The SMILES string of the molecule is CCOC(=O)CC(NCc1ccc(OCCn2c(O)ccc2O)c(C)c1)c1ccc(Cl)c(F)c1. The number of halogens is 2. The molecule has 0 radical (unpaired) electrons. The van der Waals surface area contributed by atoms with Gasteiger partial charge in [-0.15, -0.1) is 0 Å². The van der Waals surface area contributed by atoms with Crippen LogP contribution in [0.2, 0.25) is 5.02 Å². The largest absolute Gasteiger partial charge is 0.494 e. The molecule has 0 aliphatic carbocycles. The fourth-order valence-electron chi connectivity index (χ4n) is 3.57. The number of nitrogens with zero attached hydrogens (tertiary/aromatic N) is 1. The third-order valence-electron chi connectivity index (χ3n) is 5.32. The molecule has 0 saturated carbocycles. The summed E-state index contributed by atoms with van der Waals surface area (Å²) in [7, 11) is 0. The minimum absolute atomic E-state index is 0.0204. The highest BCUT2D eigenvalue weighted by atomic mass is 35.5. The molecule has 1 atom stereocenters. The van der Waals surface area contributed by atoms with Crippen molar-refractivity contribution in [2.45, 2.75) is 39.4 Å². The van der Waals surface area contributed by atoms with Crippen molar-refractivity contribution in [2.75, 3.05) is 13.2 Å². The van der Waals surface area contributed by atoms with Gasteiger partial charge in [0.25, 0.3) is 0 Å². The summed E-state index contributed by atoms with van der Waals surface area (Å²) < 4.78 is 26.2.